The molecule has 1 fully saturated rings. The van der Waals surface area contributed by atoms with E-state index in [-0.39, 0.29) is 17.3 Å². The van der Waals surface area contributed by atoms with Crippen molar-refractivity contribution in [2.45, 2.75) is 25.5 Å². The number of nitrogens with one attached hydrogen (secondary N) is 2. The van der Waals surface area contributed by atoms with E-state index in [4.69, 9.17) is 5.11 Å². The number of nitrogens with zero attached hydrogens (tertiary/aromatic N) is 2. The smallest absolute Gasteiger partial charge is 0.340 e. The number of amides is 2. The first-order chi connectivity index (χ1) is 11.8. The highest BCUT2D eigenvalue weighted by Crippen LogP contribution is 2.24. The summed E-state index contributed by atoms with van der Waals surface area (Å²) in [7, 11) is 0. The van der Waals surface area contributed by atoms with Crippen molar-refractivity contribution in [1.29, 1.82) is 0 Å². The second kappa shape index (κ2) is 7.88. The highest BCUT2D eigenvalue weighted by atomic mass is 32.2. The van der Waals surface area contributed by atoms with E-state index in [1.54, 1.807) is 13.8 Å². The maximum Gasteiger partial charge on any atom is 0.340 e. The first-order valence-electron chi connectivity index (χ1n) is 7.16. The summed E-state index contributed by atoms with van der Waals surface area (Å²) < 4.78 is 13.6. The lowest BCUT2D eigenvalue weighted by Gasteiger charge is -2.10. The van der Waals surface area contributed by atoms with Crippen molar-refractivity contribution in [2.75, 3.05) is 5.32 Å². The van der Waals surface area contributed by atoms with Gasteiger partial charge in [-0.25, -0.2) is 9.18 Å². The average molecular weight is 366 g/mol. The second-order valence-electron chi connectivity index (χ2n) is 5.27. The lowest BCUT2D eigenvalue weighted by atomic mass is 10.1. The molecular formula is C15H15FN4O4S. The normalized spacial score (nSPS) is 18.0. The number of benzene rings is 1. The predicted octanol–water partition coefficient (Wildman–Crippen LogP) is 1.84. The Morgan fingerprint density at radius 2 is 2.12 bits per heavy atom. The van der Waals surface area contributed by atoms with Gasteiger partial charge in [-0.05, 0) is 26.0 Å². The quantitative estimate of drug-likeness (QED) is 0.542. The van der Waals surface area contributed by atoms with Crippen LogP contribution in [0.25, 0.3) is 0 Å². The van der Waals surface area contributed by atoms with Crippen LogP contribution in [-0.4, -0.2) is 39.0 Å². The summed E-state index contributed by atoms with van der Waals surface area (Å²) in [6.07, 6.45) is -0.222. The van der Waals surface area contributed by atoms with Crippen molar-refractivity contribution < 1.29 is 23.9 Å². The first kappa shape index (κ1) is 18.6. The van der Waals surface area contributed by atoms with Crippen LogP contribution in [-0.2, 0) is 9.59 Å². The molecule has 8 nitrogen and oxygen atoms in total. The molecule has 0 aromatic heterocycles. The molecule has 1 aliphatic heterocycles. The first-order valence-corrected chi connectivity index (χ1v) is 8.04. The van der Waals surface area contributed by atoms with Gasteiger partial charge in [0.15, 0.2) is 5.17 Å². The Hall–Kier alpha value is -2.75. The average Bonchev–Trinajstić information content (AvgIpc) is 2.85. The molecule has 0 saturated carbocycles. The van der Waals surface area contributed by atoms with Crippen LogP contribution in [0.2, 0.25) is 0 Å². The lowest BCUT2D eigenvalue weighted by Crippen LogP contribution is -2.28. The molecule has 0 radical (unpaired) electrons. The van der Waals surface area contributed by atoms with E-state index in [1.807, 2.05) is 0 Å². The largest absolute Gasteiger partial charge is 0.478 e. The molecular weight excluding hydrogens is 351 g/mol. The van der Waals surface area contributed by atoms with Crippen LogP contribution in [0.4, 0.5) is 10.1 Å². The summed E-state index contributed by atoms with van der Waals surface area (Å²) in [6, 6.07) is 3.54. The molecule has 25 heavy (non-hydrogen) atoms. The predicted molar refractivity (Wildman–Crippen MR) is 92.3 cm³/mol. The Balaban J connectivity index is 2.06. The molecule has 1 atom stereocenters. The minimum Gasteiger partial charge on any atom is -0.478 e. The summed E-state index contributed by atoms with van der Waals surface area (Å²) in [5, 5.41) is 21.1. The molecule has 2 amide bonds. The number of carbonyl (C=O) groups is 3. The van der Waals surface area contributed by atoms with Crippen LogP contribution in [0.1, 0.15) is 30.6 Å². The molecule has 1 saturated heterocycles. The Morgan fingerprint density at radius 1 is 1.40 bits per heavy atom. The fourth-order valence-electron chi connectivity index (χ4n) is 1.95. The molecule has 132 valence electrons. The Labute approximate surface area is 146 Å². The fourth-order valence-corrected chi connectivity index (χ4v) is 2.86. The van der Waals surface area contributed by atoms with Gasteiger partial charge >= 0.3 is 5.97 Å². The number of carboxylic acid groups (broad SMARTS) is 1. The topological polar surface area (TPSA) is 120 Å². The monoisotopic (exact) mass is 366 g/mol. The molecule has 1 aromatic rings. The molecule has 1 unspecified atom stereocenters. The second-order valence-corrected chi connectivity index (χ2v) is 6.46. The summed E-state index contributed by atoms with van der Waals surface area (Å²) in [5.41, 5.74) is -0.0914. The van der Waals surface area contributed by atoms with Crippen molar-refractivity contribution in [3.05, 3.63) is 29.6 Å². The van der Waals surface area contributed by atoms with Gasteiger partial charge in [0, 0.05) is 12.1 Å². The number of halogens is 1. The van der Waals surface area contributed by atoms with E-state index in [9.17, 15) is 18.8 Å². The van der Waals surface area contributed by atoms with E-state index in [2.05, 4.69) is 20.8 Å². The molecule has 1 aliphatic rings. The number of aromatic carboxylic acids is 1. The number of carbonyl (C=O) groups excluding carboxylic acids is 2. The van der Waals surface area contributed by atoms with Crippen molar-refractivity contribution in [3.8, 4) is 0 Å². The maximum atomic E-state index is 13.6. The number of amidine groups is 1. The van der Waals surface area contributed by atoms with E-state index >= 15 is 0 Å². The van der Waals surface area contributed by atoms with Gasteiger partial charge in [-0.2, -0.15) is 5.10 Å². The summed E-state index contributed by atoms with van der Waals surface area (Å²) >= 11 is 1.04. The molecule has 0 spiro atoms. The van der Waals surface area contributed by atoms with Crippen LogP contribution in [0.15, 0.2) is 28.4 Å². The van der Waals surface area contributed by atoms with Crippen LogP contribution >= 0.6 is 11.8 Å². The van der Waals surface area contributed by atoms with Gasteiger partial charge in [0.05, 0.1) is 5.69 Å². The van der Waals surface area contributed by atoms with Gasteiger partial charge < -0.3 is 15.7 Å². The molecule has 1 heterocycles. The fraction of sp³-hybridized carbons (Fsp3) is 0.267. The SMILES string of the molecule is CC(C)=NN=C1NC(=O)C(CC(=O)Nc2cccc(F)c2C(=O)O)S1. The van der Waals surface area contributed by atoms with Gasteiger partial charge in [-0.3, -0.25) is 9.59 Å². The van der Waals surface area contributed by atoms with E-state index in [1.165, 1.54) is 12.1 Å². The number of anilines is 1. The zero-order chi connectivity index (χ0) is 18.6. The summed E-state index contributed by atoms with van der Waals surface area (Å²) in [4.78, 5) is 35.0. The third kappa shape index (κ3) is 4.86. The van der Waals surface area contributed by atoms with Gasteiger partial charge in [-0.1, -0.05) is 17.8 Å². The van der Waals surface area contributed by atoms with Gasteiger partial charge in [0.25, 0.3) is 0 Å². The standard InChI is InChI=1S/C15H15FN4O4S/c1-7(2)19-20-15-18-13(22)10(25-15)6-11(21)17-9-5-3-4-8(16)12(9)14(23)24/h3-5,10H,6H2,1-2H3,(H,17,21)(H,23,24)(H,18,20,22). The number of hydrogen-bond donors (Lipinski definition) is 3. The highest BCUT2D eigenvalue weighted by molar-refractivity contribution is 8.15. The van der Waals surface area contributed by atoms with Crippen LogP contribution in [0.5, 0.6) is 0 Å². The van der Waals surface area contributed by atoms with Crippen molar-refractivity contribution >= 4 is 46.1 Å². The zero-order valence-electron chi connectivity index (χ0n) is 13.4. The Bertz CT molecular complexity index is 790. The Kier molecular flexibility index (Phi) is 5.86. The molecule has 10 heteroatoms. The maximum absolute atomic E-state index is 13.6. The van der Waals surface area contributed by atoms with E-state index in [0.717, 1.165) is 17.8 Å². The number of hydrogen-bond acceptors (Lipinski definition) is 6. The highest BCUT2D eigenvalue weighted by Gasteiger charge is 2.32. The summed E-state index contributed by atoms with van der Waals surface area (Å²) in [5.74, 6) is -3.47. The molecule has 0 aliphatic carbocycles. The number of carboxylic acids is 1. The van der Waals surface area contributed by atoms with Gasteiger partial charge in [0.2, 0.25) is 11.8 Å². The Morgan fingerprint density at radius 3 is 2.76 bits per heavy atom. The molecule has 1 aromatic carbocycles. The molecule has 2 rings (SSSR count). The summed E-state index contributed by atoms with van der Waals surface area (Å²) in [6.45, 7) is 3.49. The zero-order valence-corrected chi connectivity index (χ0v) is 14.2. The van der Waals surface area contributed by atoms with Gasteiger partial charge in [-0.15, -0.1) is 5.10 Å². The third-order valence-electron chi connectivity index (χ3n) is 2.99. The van der Waals surface area contributed by atoms with Crippen LogP contribution < -0.4 is 10.6 Å². The lowest BCUT2D eigenvalue weighted by molar-refractivity contribution is -0.122. The molecule has 0 bridgehead atoms. The molecule has 3 N–H and O–H groups in total. The van der Waals surface area contributed by atoms with E-state index in [0.29, 0.717) is 5.71 Å². The van der Waals surface area contributed by atoms with Crippen molar-refractivity contribution in [3.63, 3.8) is 0 Å². The van der Waals surface area contributed by atoms with Crippen molar-refractivity contribution in [1.82, 2.24) is 5.32 Å². The van der Waals surface area contributed by atoms with Crippen molar-refractivity contribution in [2.24, 2.45) is 10.2 Å². The van der Waals surface area contributed by atoms with Gasteiger partial charge in [0.1, 0.15) is 16.6 Å². The van der Waals surface area contributed by atoms with E-state index < -0.39 is 34.4 Å². The third-order valence-corrected chi connectivity index (χ3v) is 4.06. The number of rotatable bonds is 5. The van der Waals surface area contributed by atoms with Crippen LogP contribution in [0, 0.1) is 5.82 Å². The minimum atomic E-state index is -1.50. The number of thioether (sulfide) groups is 1. The van der Waals surface area contributed by atoms with Crippen LogP contribution in [0.3, 0.4) is 0 Å². The minimum absolute atomic E-state index is 0.166.